The Balaban J connectivity index is 1.79. The number of hydrogen-bond donors (Lipinski definition) is 0. The van der Waals surface area contributed by atoms with Crippen molar-refractivity contribution >= 4 is 29.6 Å². The van der Waals surface area contributed by atoms with Crippen molar-refractivity contribution in [3.05, 3.63) is 126 Å². The van der Waals surface area contributed by atoms with Gasteiger partial charge in [-0.2, -0.15) is 0 Å². The molecule has 0 saturated heterocycles. The molecule has 0 aliphatic heterocycles. The van der Waals surface area contributed by atoms with Crippen LogP contribution in [0.1, 0.15) is 15.9 Å². The lowest BCUT2D eigenvalue weighted by Gasteiger charge is -2.22. The summed E-state index contributed by atoms with van der Waals surface area (Å²) < 4.78 is 0. The van der Waals surface area contributed by atoms with Crippen molar-refractivity contribution in [2.24, 2.45) is 0 Å². The Kier molecular flexibility index (Phi) is 5.75. The Bertz CT molecular complexity index is 1000. The zero-order valence-electron chi connectivity index (χ0n) is 15.5. The van der Waals surface area contributed by atoms with Gasteiger partial charge >= 0.3 is 0 Å². The summed E-state index contributed by atoms with van der Waals surface area (Å²) in [6, 6.07) is 39.1. The second-order valence-corrected chi connectivity index (χ2v) is 8.79. The topological polar surface area (TPSA) is 17.1 Å². The summed E-state index contributed by atoms with van der Waals surface area (Å²) in [6.45, 7) is 0. The van der Waals surface area contributed by atoms with Gasteiger partial charge in [0.2, 0.25) is 0 Å². The highest BCUT2D eigenvalue weighted by molar-refractivity contribution is 7.80. The molecule has 0 spiro atoms. The molecule has 1 nitrogen and oxygen atoms in total. The van der Waals surface area contributed by atoms with Gasteiger partial charge in [0.05, 0.1) is 0 Å². The van der Waals surface area contributed by atoms with Gasteiger partial charge < -0.3 is 0 Å². The monoisotopic (exact) mass is 380 g/mol. The lowest BCUT2D eigenvalue weighted by Crippen LogP contribution is -2.25. The molecule has 0 aliphatic rings. The smallest absolute Gasteiger partial charge is 0.167 e. The van der Waals surface area contributed by atoms with Crippen LogP contribution in [0, 0.1) is 0 Å². The van der Waals surface area contributed by atoms with Crippen molar-refractivity contribution in [3.63, 3.8) is 0 Å². The number of rotatable bonds is 6. The summed E-state index contributed by atoms with van der Waals surface area (Å²) in [5, 5.41) is 3.63. The van der Waals surface area contributed by atoms with Crippen LogP contribution in [0.25, 0.3) is 0 Å². The fraction of sp³-hybridized carbons (Fsp3) is 0.0385. The minimum absolute atomic E-state index is 0.168. The van der Waals surface area contributed by atoms with Crippen LogP contribution in [0.2, 0.25) is 0 Å². The van der Waals surface area contributed by atoms with Crippen LogP contribution < -0.4 is 15.9 Å². The quantitative estimate of drug-likeness (QED) is 0.345. The van der Waals surface area contributed by atoms with Crippen molar-refractivity contribution in [1.29, 1.82) is 0 Å². The molecular formula is C26H21OP. The predicted octanol–water partition coefficient (Wildman–Crippen LogP) is 4.87. The van der Waals surface area contributed by atoms with Crippen LogP contribution in [0.5, 0.6) is 0 Å². The van der Waals surface area contributed by atoms with Crippen LogP contribution in [-0.4, -0.2) is 5.78 Å². The zero-order chi connectivity index (χ0) is 19.2. The molecule has 0 aromatic heterocycles. The van der Waals surface area contributed by atoms with Crippen LogP contribution in [-0.2, 0) is 6.42 Å². The standard InChI is InChI=1S/C26H21OP/c27-25(20-21-12-4-1-5-13-21)24-18-10-11-19-26(24)28(22-14-6-2-7-15-22)23-16-8-3-9-17-23/h1-19H,20H2. The number of carbonyl (C=O) groups is 1. The van der Waals surface area contributed by atoms with Gasteiger partial charge in [0, 0.05) is 12.0 Å². The van der Waals surface area contributed by atoms with E-state index in [4.69, 9.17) is 0 Å². The molecule has 0 atom stereocenters. The van der Waals surface area contributed by atoms with Gasteiger partial charge in [-0.3, -0.25) is 4.79 Å². The number of benzene rings is 4. The lowest BCUT2D eigenvalue weighted by molar-refractivity contribution is 0.0994. The van der Waals surface area contributed by atoms with Crippen LogP contribution in [0.15, 0.2) is 115 Å². The van der Waals surface area contributed by atoms with Gasteiger partial charge in [-0.1, -0.05) is 115 Å². The molecule has 4 rings (SSSR count). The van der Waals surface area contributed by atoms with Crippen molar-refractivity contribution in [1.82, 2.24) is 0 Å². The zero-order valence-corrected chi connectivity index (χ0v) is 16.4. The molecule has 0 aliphatic carbocycles. The highest BCUT2D eigenvalue weighted by atomic mass is 31.1. The maximum absolute atomic E-state index is 13.2. The Hall–Kier alpha value is -3.02. The molecule has 4 aromatic rings. The number of hydrogen-bond acceptors (Lipinski definition) is 1. The molecule has 0 fully saturated rings. The van der Waals surface area contributed by atoms with Gasteiger partial charge in [0.25, 0.3) is 0 Å². The SMILES string of the molecule is O=C(Cc1ccccc1)c1ccccc1P(c1ccccc1)c1ccccc1. The predicted molar refractivity (Wildman–Crippen MR) is 120 cm³/mol. The van der Waals surface area contributed by atoms with E-state index in [0.717, 1.165) is 16.4 Å². The number of ketones is 1. The lowest BCUT2D eigenvalue weighted by atomic mass is 10.0. The van der Waals surface area contributed by atoms with E-state index in [1.807, 2.05) is 60.7 Å². The van der Waals surface area contributed by atoms with Crippen molar-refractivity contribution in [2.45, 2.75) is 6.42 Å². The normalized spacial score (nSPS) is 10.8. The van der Waals surface area contributed by atoms with Crippen LogP contribution in [0.3, 0.4) is 0 Å². The van der Waals surface area contributed by atoms with E-state index in [2.05, 4.69) is 54.6 Å². The third kappa shape index (κ3) is 4.11. The van der Waals surface area contributed by atoms with Gasteiger partial charge in [0.1, 0.15) is 0 Å². The minimum Gasteiger partial charge on any atom is -0.294 e. The fourth-order valence-electron chi connectivity index (χ4n) is 3.36. The van der Waals surface area contributed by atoms with Crippen LogP contribution >= 0.6 is 7.92 Å². The average molecular weight is 380 g/mol. The van der Waals surface area contributed by atoms with E-state index in [1.54, 1.807) is 0 Å². The maximum Gasteiger partial charge on any atom is 0.167 e. The minimum atomic E-state index is -0.795. The molecule has 2 heteroatoms. The van der Waals surface area contributed by atoms with Gasteiger partial charge in [-0.15, -0.1) is 0 Å². The summed E-state index contributed by atoms with van der Waals surface area (Å²) in [6.07, 6.45) is 0.421. The molecular weight excluding hydrogens is 359 g/mol. The summed E-state index contributed by atoms with van der Waals surface area (Å²) in [5.41, 5.74) is 1.87. The van der Waals surface area contributed by atoms with E-state index < -0.39 is 7.92 Å². The first-order valence-electron chi connectivity index (χ1n) is 9.39. The first kappa shape index (κ1) is 18.3. The van der Waals surface area contributed by atoms with E-state index in [0.29, 0.717) is 6.42 Å². The largest absolute Gasteiger partial charge is 0.294 e. The third-order valence-corrected chi connectivity index (χ3v) is 7.18. The van der Waals surface area contributed by atoms with Crippen molar-refractivity contribution in [2.75, 3.05) is 0 Å². The number of Topliss-reactive ketones (excluding diaryl/α,β-unsaturated/α-hetero) is 1. The Morgan fingerprint density at radius 3 is 1.61 bits per heavy atom. The molecule has 0 unspecified atom stereocenters. The van der Waals surface area contributed by atoms with Crippen molar-refractivity contribution < 1.29 is 4.79 Å². The van der Waals surface area contributed by atoms with Crippen molar-refractivity contribution in [3.8, 4) is 0 Å². The molecule has 0 bridgehead atoms. The highest BCUT2D eigenvalue weighted by Gasteiger charge is 2.22. The summed E-state index contributed by atoms with van der Waals surface area (Å²) in [5.74, 6) is 0.168. The highest BCUT2D eigenvalue weighted by Crippen LogP contribution is 2.34. The Morgan fingerprint density at radius 1 is 0.571 bits per heavy atom. The second-order valence-electron chi connectivity index (χ2n) is 6.61. The molecule has 0 saturated carbocycles. The second kappa shape index (κ2) is 8.78. The average Bonchev–Trinajstić information content (AvgIpc) is 2.76. The fourth-order valence-corrected chi connectivity index (χ4v) is 5.83. The van der Waals surface area contributed by atoms with E-state index in [1.165, 1.54) is 10.6 Å². The first-order valence-corrected chi connectivity index (χ1v) is 10.7. The molecule has 0 amide bonds. The van der Waals surface area contributed by atoms with E-state index in [9.17, 15) is 4.79 Å². The molecule has 0 heterocycles. The first-order chi connectivity index (χ1) is 13.8. The third-order valence-electron chi connectivity index (χ3n) is 4.68. The molecule has 136 valence electrons. The summed E-state index contributed by atoms with van der Waals surface area (Å²) in [4.78, 5) is 13.2. The van der Waals surface area contributed by atoms with E-state index >= 15 is 0 Å². The number of carbonyl (C=O) groups excluding carboxylic acids is 1. The molecule has 0 N–H and O–H groups in total. The maximum atomic E-state index is 13.2. The Labute approximate surface area is 167 Å². The summed E-state index contributed by atoms with van der Waals surface area (Å²) in [7, 11) is -0.795. The van der Waals surface area contributed by atoms with Crippen LogP contribution in [0.4, 0.5) is 0 Å². The van der Waals surface area contributed by atoms with Gasteiger partial charge in [-0.25, -0.2) is 0 Å². The molecule has 4 aromatic carbocycles. The molecule has 0 radical (unpaired) electrons. The molecule has 28 heavy (non-hydrogen) atoms. The Morgan fingerprint density at radius 2 is 1.04 bits per heavy atom. The summed E-state index contributed by atoms with van der Waals surface area (Å²) >= 11 is 0. The van der Waals surface area contributed by atoms with Gasteiger partial charge in [0.15, 0.2) is 5.78 Å². The van der Waals surface area contributed by atoms with Gasteiger partial charge in [-0.05, 0) is 29.4 Å². The van der Waals surface area contributed by atoms with E-state index in [-0.39, 0.29) is 5.78 Å².